The molecule has 0 spiro atoms. The Balaban J connectivity index is 2.22. The predicted octanol–water partition coefficient (Wildman–Crippen LogP) is 1.56. The Hall–Kier alpha value is -1.84. The Bertz CT molecular complexity index is 885. The molecule has 1 saturated heterocycles. The molecule has 24 heavy (non-hydrogen) atoms. The van der Waals surface area contributed by atoms with E-state index in [2.05, 4.69) is 14.7 Å². The summed E-state index contributed by atoms with van der Waals surface area (Å²) in [4.78, 5) is 27.0. The molecule has 1 aromatic heterocycles. The number of H-pyrrole nitrogens is 1. The van der Waals surface area contributed by atoms with Crippen molar-refractivity contribution >= 4 is 22.5 Å². The summed E-state index contributed by atoms with van der Waals surface area (Å²) >= 11 is 6.12. The first-order valence-electron chi connectivity index (χ1n) is 7.16. The highest BCUT2D eigenvalue weighted by Crippen LogP contribution is 2.38. The van der Waals surface area contributed by atoms with Crippen LogP contribution in [0.2, 0.25) is 5.02 Å². The number of aromatic amines is 1. The van der Waals surface area contributed by atoms with Gasteiger partial charge in [0.15, 0.2) is 0 Å². The van der Waals surface area contributed by atoms with Gasteiger partial charge in [0.1, 0.15) is 0 Å². The van der Waals surface area contributed by atoms with Crippen molar-refractivity contribution in [1.29, 1.82) is 0 Å². The fourth-order valence-electron chi connectivity index (χ4n) is 2.74. The van der Waals surface area contributed by atoms with Crippen molar-refractivity contribution in [2.24, 2.45) is 0 Å². The summed E-state index contributed by atoms with van der Waals surface area (Å²) in [6.07, 6.45) is -4.69. The van der Waals surface area contributed by atoms with Gasteiger partial charge in [0, 0.05) is 32.7 Å². The molecule has 0 aliphatic carbocycles. The fraction of sp³-hybridized carbons (Fsp3) is 0.429. The molecule has 0 saturated carbocycles. The number of halogens is 4. The number of alkyl halides is 3. The molecule has 3 rings (SSSR count). The smallest absolute Gasteiger partial charge is 0.372 e. The zero-order valence-corrected chi connectivity index (χ0v) is 13.1. The molecule has 1 fully saturated rings. The summed E-state index contributed by atoms with van der Waals surface area (Å²) in [5.41, 5.74) is -2.47. The molecule has 1 aromatic carbocycles. The van der Waals surface area contributed by atoms with E-state index in [1.54, 1.807) is 0 Å². The lowest BCUT2D eigenvalue weighted by Gasteiger charge is -2.28. The number of fused-ring (bicyclic) bond motifs is 1. The zero-order chi connectivity index (χ0) is 17.5. The Morgan fingerprint density at radius 3 is 2.54 bits per heavy atom. The lowest BCUT2D eigenvalue weighted by Crippen LogP contribution is -2.43. The van der Waals surface area contributed by atoms with Gasteiger partial charge in [-0.2, -0.15) is 13.2 Å². The van der Waals surface area contributed by atoms with Gasteiger partial charge in [-0.3, -0.25) is 9.88 Å². The number of nitrogens with one attached hydrogen (secondary N) is 2. The van der Waals surface area contributed by atoms with Crippen molar-refractivity contribution in [2.45, 2.75) is 12.7 Å². The maximum Gasteiger partial charge on any atom is 0.419 e. The van der Waals surface area contributed by atoms with E-state index in [1.807, 2.05) is 4.90 Å². The molecular weight excluding hydrogens is 351 g/mol. The van der Waals surface area contributed by atoms with Crippen LogP contribution in [0.3, 0.4) is 0 Å². The van der Waals surface area contributed by atoms with E-state index in [1.165, 1.54) is 0 Å². The summed E-state index contributed by atoms with van der Waals surface area (Å²) in [7, 11) is 0. The number of piperazine rings is 1. The van der Waals surface area contributed by atoms with Crippen LogP contribution in [-0.4, -0.2) is 36.1 Å². The Morgan fingerprint density at radius 2 is 1.92 bits per heavy atom. The molecule has 1 aliphatic heterocycles. The van der Waals surface area contributed by atoms with Crippen molar-refractivity contribution in [1.82, 2.24) is 15.2 Å². The van der Waals surface area contributed by atoms with Crippen LogP contribution in [0.25, 0.3) is 10.9 Å². The normalized spacial score (nSPS) is 16.7. The van der Waals surface area contributed by atoms with Gasteiger partial charge in [-0.25, -0.2) is 9.59 Å². The molecule has 0 amide bonds. The topological polar surface area (TPSA) is 78.3 Å². The van der Waals surface area contributed by atoms with E-state index in [-0.39, 0.29) is 22.6 Å². The second-order valence-corrected chi connectivity index (χ2v) is 5.84. The highest BCUT2D eigenvalue weighted by Gasteiger charge is 2.36. The van der Waals surface area contributed by atoms with E-state index in [4.69, 9.17) is 11.6 Å². The summed E-state index contributed by atoms with van der Waals surface area (Å²) in [6, 6.07) is 0.681. The van der Waals surface area contributed by atoms with Crippen LogP contribution < -0.4 is 16.7 Å². The Labute approximate surface area is 138 Å². The van der Waals surface area contributed by atoms with Gasteiger partial charge in [0.2, 0.25) is 0 Å². The Kier molecular flexibility index (Phi) is 4.41. The van der Waals surface area contributed by atoms with Crippen molar-refractivity contribution in [3.63, 3.8) is 0 Å². The van der Waals surface area contributed by atoms with Gasteiger partial charge < -0.3 is 9.73 Å². The first-order valence-corrected chi connectivity index (χ1v) is 7.54. The van der Waals surface area contributed by atoms with Gasteiger partial charge in [-0.05, 0) is 11.6 Å². The fourth-order valence-corrected chi connectivity index (χ4v) is 3.05. The summed E-state index contributed by atoms with van der Waals surface area (Å²) in [5.74, 6) is -1.07. The minimum Gasteiger partial charge on any atom is -0.372 e. The molecule has 0 unspecified atom stereocenters. The second kappa shape index (κ2) is 6.23. The van der Waals surface area contributed by atoms with Crippen LogP contribution in [0.15, 0.2) is 20.1 Å². The minimum absolute atomic E-state index is 0.0342. The summed E-state index contributed by atoms with van der Waals surface area (Å²) in [5, 5.41) is 2.41. The second-order valence-electron chi connectivity index (χ2n) is 5.47. The number of aromatic nitrogens is 1. The third-order valence-electron chi connectivity index (χ3n) is 3.90. The quantitative estimate of drug-likeness (QED) is 0.846. The van der Waals surface area contributed by atoms with Crippen molar-refractivity contribution in [3.8, 4) is 0 Å². The van der Waals surface area contributed by atoms with Crippen molar-refractivity contribution in [3.05, 3.63) is 43.2 Å². The van der Waals surface area contributed by atoms with Crippen LogP contribution in [0.1, 0.15) is 11.1 Å². The van der Waals surface area contributed by atoms with Gasteiger partial charge in [-0.1, -0.05) is 11.6 Å². The van der Waals surface area contributed by atoms with E-state index in [9.17, 15) is 22.8 Å². The largest absolute Gasteiger partial charge is 0.419 e. The van der Waals surface area contributed by atoms with Crippen LogP contribution >= 0.6 is 11.6 Å². The Morgan fingerprint density at radius 1 is 1.25 bits per heavy atom. The van der Waals surface area contributed by atoms with E-state index in [0.717, 1.165) is 0 Å². The monoisotopic (exact) mass is 363 g/mol. The van der Waals surface area contributed by atoms with Crippen LogP contribution in [-0.2, 0) is 12.7 Å². The van der Waals surface area contributed by atoms with Crippen LogP contribution in [0.4, 0.5) is 13.2 Å². The first-order chi connectivity index (χ1) is 11.3. The van der Waals surface area contributed by atoms with Crippen molar-refractivity contribution in [2.75, 3.05) is 26.2 Å². The lowest BCUT2D eigenvalue weighted by molar-refractivity contribution is -0.138. The van der Waals surface area contributed by atoms with Gasteiger partial charge in [-0.15, -0.1) is 0 Å². The van der Waals surface area contributed by atoms with Crippen LogP contribution in [0, 0.1) is 0 Å². The summed E-state index contributed by atoms with van der Waals surface area (Å²) in [6.45, 7) is 2.42. The molecule has 0 radical (unpaired) electrons. The molecule has 2 aromatic rings. The maximum atomic E-state index is 13.4. The number of hydrogen-bond acceptors (Lipinski definition) is 5. The summed E-state index contributed by atoms with van der Waals surface area (Å²) < 4.78 is 44.6. The van der Waals surface area contributed by atoms with Gasteiger partial charge in [0.25, 0.3) is 0 Å². The molecule has 2 heterocycles. The highest BCUT2D eigenvalue weighted by molar-refractivity contribution is 6.36. The number of nitrogens with zero attached hydrogens (tertiary/aromatic N) is 1. The van der Waals surface area contributed by atoms with E-state index < -0.39 is 28.5 Å². The molecule has 6 nitrogen and oxygen atoms in total. The molecule has 2 N–H and O–H groups in total. The van der Waals surface area contributed by atoms with Gasteiger partial charge in [0.05, 0.1) is 21.5 Å². The standard InChI is InChI=1S/C14H13ClF3N3O3/c15-10-8(6-21-3-1-19-2-4-21)9(14(16,17)18)5-7-11(10)20-13(23)24-12(7)22/h5,19H,1-4,6H2,(H,20,23). The maximum absolute atomic E-state index is 13.4. The molecular formula is C14H13ClF3N3O3. The third-order valence-corrected chi connectivity index (χ3v) is 4.31. The zero-order valence-electron chi connectivity index (χ0n) is 12.3. The average molecular weight is 364 g/mol. The highest BCUT2D eigenvalue weighted by atomic mass is 35.5. The predicted molar refractivity (Wildman–Crippen MR) is 81.3 cm³/mol. The third kappa shape index (κ3) is 3.19. The number of hydrogen-bond donors (Lipinski definition) is 2. The molecule has 10 heteroatoms. The minimum atomic E-state index is -4.69. The SMILES string of the molecule is O=c1[nH]c2c(Cl)c(CN3CCNCC3)c(C(F)(F)F)cc2c(=O)o1. The van der Waals surface area contributed by atoms with E-state index in [0.29, 0.717) is 32.2 Å². The molecule has 130 valence electrons. The molecule has 0 atom stereocenters. The average Bonchev–Trinajstić information content (AvgIpc) is 2.50. The van der Waals surface area contributed by atoms with Crippen molar-refractivity contribution < 1.29 is 17.6 Å². The van der Waals surface area contributed by atoms with Gasteiger partial charge >= 0.3 is 17.6 Å². The first kappa shape index (κ1) is 17.0. The number of rotatable bonds is 2. The van der Waals surface area contributed by atoms with Crippen LogP contribution in [0.5, 0.6) is 0 Å². The lowest BCUT2D eigenvalue weighted by atomic mass is 10.0. The molecule has 1 aliphatic rings. The number of benzene rings is 1. The van der Waals surface area contributed by atoms with E-state index >= 15 is 0 Å². The molecule has 0 bridgehead atoms.